The first-order chi connectivity index (χ1) is 28.1. The Balaban J connectivity index is 0.807. The van der Waals surface area contributed by atoms with Gasteiger partial charge in [-0.2, -0.15) is 0 Å². The fourth-order valence-electron chi connectivity index (χ4n) is 9.65. The molecule has 5 aliphatic rings. The first-order valence-corrected chi connectivity index (χ1v) is 20.2. The van der Waals surface area contributed by atoms with Crippen molar-refractivity contribution in [1.29, 1.82) is 0 Å². The van der Waals surface area contributed by atoms with Crippen LogP contribution in [0.25, 0.3) is 0 Å². The van der Waals surface area contributed by atoms with Crippen LogP contribution in [0.15, 0.2) is 72.8 Å². The number of imide groups is 1. The number of hydrogen-bond donors (Lipinski definition) is 2. The zero-order valence-electron chi connectivity index (χ0n) is 32.5. The number of rotatable bonds is 8. The highest BCUT2D eigenvalue weighted by molar-refractivity contribution is 6.05. The summed E-state index contributed by atoms with van der Waals surface area (Å²) < 4.78 is 41.9. The second-order valence-electron chi connectivity index (χ2n) is 16.2. The molecule has 58 heavy (non-hydrogen) atoms. The molecule has 0 spiro atoms. The zero-order valence-corrected chi connectivity index (χ0v) is 32.5. The Morgan fingerprint density at radius 3 is 2.38 bits per heavy atom. The monoisotopic (exact) mass is 791 g/mol. The summed E-state index contributed by atoms with van der Waals surface area (Å²) in [6.07, 6.45) is 2.52. The molecule has 5 aliphatic heterocycles. The molecule has 4 aromatic carbocycles. The van der Waals surface area contributed by atoms with Crippen molar-refractivity contribution in [3.05, 3.63) is 112 Å². The van der Waals surface area contributed by atoms with Crippen LogP contribution >= 0.6 is 0 Å². The molecule has 0 radical (unpaired) electrons. The Hall–Kier alpha value is -5.69. The number of nitrogens with one attached hydrogen (secondary N) is 1. The number of carbonyl (C=O) groups is 3. The number of aromatic hydroxyl groups is 1. The van der Waals surface area contributed by atoms with E-state index in [0.29, 0.717) is 35.9 Å². The summed E-state index contributed by atoms with van der Waals surface area (Å²) in [5.41, 5.74) is 5.62. The third-order valence-electron chi connectivity index (χ3n) is 12.8. The minimum absolute atomic E-state index is 0.0870. The molecule has 3 fully saturated rings. The van der Waals surface area contributed by atoms with Crippen LogP contribution in [0.3, 0.4) is 0 Å². The third kappa shape index (κ3) is 7.20. The van der Waals surface area contributed by atoms with E-state index in [0.717, 1.165) is 86.6 Å². The van der Waals surface area contributed by atoms with Crippen LogP contribution in [0.1, 0.15) is 70.1 Å². The van der Waals surface area contributed by atoms with E-state index in [-0.39, 0.29) is 54.0 Å². The molecule has 0 saturated carbocycles. The summed E-state index contributed by atoms with van der Waals surface area (Å²) in [6.45, 7) is 6.75. The van der Waals surface area contributed by atoms with Crippen molar-refractivity contribution in [2.45, 2.75) is 50.1 Å². The first-order valence-electron chi connectivity index (χ1n) is 20.2. The van der Waals surface area contributed by atoms with Crippen molar-refractivity contribution in [3.8, 4) is 17.2 Å². The number of carbonyl (C=O) groups excluding carboxylic acids is 3. The number of phenolic OH excluding ortho intramolecular Hbond substituents is 1. The van der Waals surface area contributed by atoms with E-state index in [4.69, 9.17) is 9.47 Å². The molecule has 302 valence electrons. The topological polar surface area (TPSA) is 115 Å². The highest BCUT2D eigenvalue weighted by atomic mass is 19.1. The average molecular weight is 792 g/mol. The molecule has 9 rings (SSSR count). The predicted molar refractivity (Wildman–Crippen MR) is 214 cm³/mol. The maximum atomic E-state index is 16.2. The molecule has 5 heterocycles. The quantitative estimate of drug-likeness (QED) is 0.214. The van der Waals surface area contributed by atoms with Crippen molar-refractivity contribution in [2.24, 2.45) is 5.92 Å². The number of halogens is 2. The van der Waals surface area contributed by atoms with Gasteiger partial charge in [0.2, 0.25) is 11.8 Å². The van der Waals surface area contributed by atoms with Gasteiger partial charge in [-0.05, 0) is 90.4 Å². The minimum Gasteiger partial charge on any atom is -0.508 e. The van der Waals surface area contributed by atoms with Gasteiger partial charge >= 0.3 is 0 Å². The lowest BCUT2D eigenvalue weighted by Gasteiger charge is -2.40. The van der Waals surface area contributed by atoms with Crippen molar-refractivity contribution >= 4 is 29.1 Å². The molecule has 4 aromatic rings. The number of piperidine rings is 2. The Bertz CT molecular complexity index is 2250. The fourth-order valence-corrected chi connectivity index (χ4v) is 9.65. The van der Waals surface area contributed by atoms with Gasteiger partial charge in [-0.3, -0.25) is 24.6 Å². The van der Waals surface area contributed by atoms with Gasteiger partial charge in [0.05, 0.1) is 19.4 Å². The van der Waals surface area contributed by atoms with E-state index in [1.807, 2.05) is 30.3 Å². The summed E-state index contributed by atoms with van der Waals surface area (Å²) in [6, 6.07) is 20.6. The number of anilines is 2. The number of phenols is 1. The largest absolute Gasteiger partial charge is 0.508 e. The number of fused-ring (bicyclic) bond motifs is 2. The van der Waals surface area contributed by atoms with E-state index in [1.165, 1.54) is 13.2 Å². The molecule has 0 unspecified atom stereocenters. The smallest absolute Gasteiger partial charge is 0.255 e. The van der Waals surface area contributed by atoms with Crippen molar-refractivity contribution < 1.29 is 37.7 Å². The van der Waals surface area contributed by atoms with Gasteiger partial charge in [-0.25, -0.2) is 8.78 Å². The lowest BCUT2D eigenvalue weighted by Crippen LogP contribution is -2.52. The second-order valence-corrected chi connectivity index (χ2v) is 16.2. The number of ether oxygens (including phenoxy) is 2. The Morgan fingerprint density at radius 2 is 1.62 bits per heavy atom. The number of nitrogens with zero attached hydrogens (tertiary/aromatic N) is 4. The first kappa shape index (κ1) is 37.9. The number of piperazine rings is 1. The normalized spacial score (nSPS) is 22.7. The molecule has 0 bridgehead atoms. The van der Waals surface area contributed by atoms with Gasteiger partial charge in [-0.1, -0.05) is 18.2 Å². The molecule has 0 aliphatic carbocycles. The average Bonchev–Trinajstić information content (AvgIpc) is 3.55. The number of benzene rings is 4. The summed E-state index contributed by atoms with van der Waals surface area (Å²) >= 11 is 0. The molecule has 3 saturated heterocycles. The van der Waals surface area contributed by atoms with Gasteiger partial charge in [-0.15, -0.1) is 0 Å². The van der Waals surface area contributed by atoms with Crippen molar-refractivity contribution in [1.82, 2.24) is 15.1 Å². The molecular weight excluding hydrogens is 745 g/mol. The van der Waals surface area contributed by atoms with Crippen molar-refractivity contribution in [2.75, 3.05) is 69.3 Å². The molecule has 3 atom stereocenters. The molecular formula is C45H47F2N5O6. The second kappa shape index (κ2) is 15.6. The molecule has 2 N–H and O–H groups in total. The maximum Gasteiger partial charge on any atom is 0.255 e. The van der Waals surface area contributed by atoms with Gasteiger partial charge in [0.15, 0.2) is 11.6 Å². The Kier molecular flexibility index (Phi) is 10.2. The Morgan fingerprint density at radius 1 is 0.828 bits per heavy atom. The standard InChI is InChI=1S/C45H47F2N5O6/c1-57-41-22-28(2-8-36(41)46)35-26-58-40-23-32(53)5-7-34(40)43(35)29-3-9-38(37(47)21-29)51-14-12-27(13-15-51)24-49-16-18-50(19-17-49)31-4-6-33-30(20-31)25-52(45(33)56)39-10-11-42(54)48-44(39)55/h2-9,20-23,27,35,39,43,53H,10-19,24-26H2,1H3,(H,48,54,55)/t35-,39+,43-/m1/s1. The molecule has 11 nitrogen and oxygen atoms in total. The molecule has 13 heteroatoms. The summed E-state index contributed by atoms with van der Waals surface area (Å²) in [7, 11) is 1.43. The third-order valence-corrected chi connectivity index (χ3v) is 12.8. The van der Waals surface area contributed by atoms with Gasteiger partial charge < -0.3 is 29.3 Å². The van der Waals surface area contributed by atoms with Crippen molar-refractivity contribution in [3.63, 3.8) is 0 Å². The van der Waals surface area contributed by atoms with Crippen LogP contribution in [0.2, 0.25) is 0 Å². The summed E-state index contributed by atoms with van der Waals surface area (Å²) in [5, 5.41) is 12.5. The van der Waals surface area contributed by atoms with Gasteiger partial charge in [0, 0.05) is 93.5 Å². The zero-order chi connectivity index (χ0) is 40.1. The molecule has 0 aromatic heterocycles. The van der Waals surface area contributed by atoms with E-state index in [2.05, 4.69) is 26.1 Å². The van der Waals surface area contributed by atoms with Gasteiger partial charge in [0.1, 0.15) is 23.4 Å². The van der Waals surface area contributed by atoms with Gasteiger partial charge in [0.25, 0.3) is 5.91 Å². The number of amides is 3. The van der Waals surface area contributed by atoms with Crippen LogP contribution in [0.4, 0.5) is 20.2 Å². The highest BCUT2D eigenvalue weighted by Crippen LogP contribution is 2.48. The fraction of sp³-hybridized carbons (Fsp3) is 0.400. The maximum absolute atomic E-state index is 16.2. The van der Waals surface area contributed by atoms with E-state index in [1.54, 1.807) is 35.2 Å². The van der Waals surface area contributed by atoms with E-state index in [9.17, 15) is 23.9 Å². The van der Waals surface area contributed by atoms with E-state index >= 15 is 4.39 Å². The number of hydrogen-bond acceptors (Lipinski definition) is 9. The minimum atomic E-state index is -0.622. The predicted octanol–water partition coefficient (Wildman–Crippen LogP) is 5.79. The Labute approximate surface area is 336 Å². The van der Waals surface area contributed by atoms with Crippen LogP contribution in [-0.4, -0.2) is 98.2 Å². The lowest BCUT2D eigenvalue weighted by molar-refractivity contribution is -0.136. The van der Waals surface area contributed by atoms with Crippen LogP contribution < -0.4 is 24.6 Å². The summed E-state index contributed by atoms with van der Waals surface area (Å²) in [4.78, 5) is 45.9. The SMILES string of the molecule is COc1cc([C@H]2COc3cc(O)ccc3[C@H]2c2ccc(N3CCC(CN4CCN(c5ccc6c(c5)CN([C@H]5CCC(=O)NC5=O)C6=O)CC4)CC3)c(F)c2)ccc1F. The lowest BCUT2D eigenvalue weighted by atomic mass is 9.75. The number of methoxy groups -OCH3 is 1. The summed E-state index contributed by atoms with van der Waals surface area (Å²) in [5.74, 6) is -0.850. The van der Waals surface area contributed by atoms with E-state index < -0.39 is 17.8 Å². The highest BCUT2D eigenvalue weighted by Gasteiger charge is 2.40. The van der Waals surface area contributed by atoms with Crippen LogP contribution in [-0.2, 0) is 16.1 Å². The molecule has 3 amide bonds. The van der Waals surface area contributed by atoms with Crippen LogP contribution in [0, 0.1) is 17.6 Å². The van der Waals surface area contributed by atoms with Crippen LogP contribution in [0.5, 0.6) is 17.2 Å².